The van der Waals surface area contributed by atoms with Crippen LogP contribution in [0.5, 0.6) is 11.5 Å². The summed E-state index contributed by atoms with van der Waals surface area (Å²) in [6.07, 6.45) is 1.14. The molecule has 0 spiro atoms. The lowest BCUT2D eigenvalue weighted by atomic mass is 10.3. The van der Waals surface area contributed by atoms with E-state index in [1.807, 2.05) is 0 Å². The van der Waals surface area contributed by atoms with E-state index in [1.54, 1.807) is 37.4 Å². The minimum Gasteiger partial charge on any atom is -0.497 e. The van der Waals surface area contributed by atoms with Crippen molar-refractivity contribution in [1.29, 1.82) is 0 Å². The van der Waals surface area contributed by atoms with Crippen molar-refractivity contribution in [2.45, 2.75) is 4.90 Å². The molecule has 0 aliphatic rings. The average Bonchev–Trinajstić information content (AvgIpc) is 3.01. The van der Waals surface area contributed by atoms with E-state index >= 15 is 0 Å². The molecular formula is C16H17N3O5S. The fraction of sp³-hybridized carbons (Fsp3) is 0.250. The maximum atomic E-state index is 11.7. The predicted octanol–water partition coefficient (Wildman–Crippen LogP) is 1.35. The van der Waals surface area contributed by atoms with E-state index in [0.29, 0.717) is 23.4 Å². The van der Waals surface area contributed by atoms with Crippen LogP contribution < -0.4 is 14.3 Å². The van der Waals surface area contributed by atoms with Gasteiger partial charge in [-0.2, -0.15) is 0 Å². The van der Waals surface area contributed by atoms with Gasteiger partial charge in [-0.15, -0.1) is 5.10 Å². The van der Waals surface area contributed by atoms with Crippen molar-refractivity contribution in [2.24, 2.45) is 0 Å². The van der Waals surface area contributed by atoms with Gasteiger partial charge in [-0.1, -0.05) is 4.85 Å². The van der Waals surface area contributed by atoms with Crippen LogP contribution in [-0.2, 0) is 9.84 Å². The third kappa shape index (κ3) is 4.00. The van der Waals surface area contributed by atoms with Gasteiger partial charge < -0.3 is 14.3 Å². The van der Waals surface area contributed by atoms with Crippen LogP contribution in [0.2, 0.25) is 0 Å². The summed E-state index contributed by atoms with van der Waals surface area (Å²) in [5, 5.41) is 7.80. The molecular weight excluding hydrogens is 346 g/mol. The van der Waals surface area contributed by atoms with Crippen molar-refractivity contribution in [3.05, 3.63) is 42.5 Å². The van der Waals surface area contributed by atoms with E-state index in [-0.39, 0.29) is 11.5 Å². The highest BCUT2D eigenvalue weighted by Gasteiger charge is 2.12. The Morgan fingerprint density at radius 1 is 1.04 bits per heavy atom. The number of hydrogen-bond donors (Lipinski definition) is 0. The lowest BCUT2D eigenvalue weighted by Crippen LogP contribution is -2.19. The third-order valence-corrected chi connectivity index (χ3v) is 4.55. The summed E-state index contributed by atoms with van der Waals surface area (Å²) >= 11 is 0. The highest BCUT2D eigenvalue weighted by Crippen LogP contribution is 2.18. The van der Waals surface area contributed by atoms with E-state index in [2.05, 4.69) is 10.3 Å². The van der Waals surface area contributed by atoms with Crippen molar-refractivity contribution >= 4 is 20.9 Å². The maximum absolute atomic E-state index is 11.7. The first-order valence-electron chi connectivity index (χ1n) is 7.43. The molecule has 8 nitrogen and oxygen atoms in total. The van der Waals surface area contributed by atoms with E-state index in [9.17, 15) is 8.42 Å². The van der Waals surface area contributed by atoms with Crippen LogP contribution in [0.25, 0.3) is 11.0 Å². The zero-order valence-electron chi connectivity index (χ0n) is 13.7. The van der Waals surface area contributed by atoms with Gasteiger partial charge in [0.05, 0.1) is 12.0 Å². The van der Waals surface area contributed by atoms with Crippen molar-refractivity contribution in [3.8, 4) is 11.5 Å². The standard InChI is InChI=1S/C16H17N3O5S/c1-22-12-3-5-13(6-4-12)23-9-10-24-19-16-11-14(25(2,20)21)7-8-15(16)17-18-19/h3-8,11H,9-10H2,1-2H3. The normalized spacial score (nSPS) is 11.4. The summed E-state index contributed by atoms with van der Waals surface area (Å²) in [6.45, 7) is 0.507. The molecule has 132 valence electrons. The fourth-order valence-corrected chi connectivity index (χ4v) is 2.80. The number of aromatic nitrogens is 3. The number of nitrogens with zero attached hydrogens (tertiary/aromatic N) is 3. The first-order valence-corrected chi connectivity index (χ1v) is 9.32. The molecule has 2 aromatic carbocycles. The third-order valence-electron chi connectivity index (χ3n) is 3.44. The molecule has 9 heteroatoms. The van der Waals surface area contributed by atoms with Crippen LogP contribution in [0, 0.1) is 0 Å². The molecule has 1 aromatic heterocycles. The van der Waals surface area contributed by atoms with Crippen LogP contribution >= 0.6 is 0 Å². The van der Waals surface area contributed by atoms with Crippen LogP contribution in [0.3, 0.4) is 0 Å². The van der Waals surface area contributed by atoms with E-state index < -0.39 is 9.84 Å². The number of rotatable bonds is 7. The molecule has 0 aliphatic carbocycles. The molecule has 0 radical (unpaired) electrons. The second-order valence-electron chi connectivity index (χ2n) is 5.24. The summed E-state index contributed by atoms with van der Waals surface area (Å²) in [7, 11) is -1.72. The summed E-state index contributed by atoms with van der Waals surface area (Å²) in [5.41, 5.74) is 1.02. The summed E-state index contributed by atoms with van der Waals surface area (Å²) in [5.74, 6) is 1.44. The van der Waals surface area contributed by atoms with E-state index in [4.69, 9.17) is 14.3 Å². The highest BCUT2D eigenvalue weighted by atomic mass is 32.2. The molecule has 25 heavy (non-hydrogen) atoms. The first kappa shape index (κ1) is 17.0. The molecule has 0 atom stereocenters. The Balaban J connectivity index is 1.62. The summed E-state index contributed by atoms with van der Waals surface area (Å²) in [6, 6.07) is 11.7. The number of benzene rings is 2. The quantitative estimate of drug-likeness (QED) is 0.585. The number of hydrogen-bond acceptors (Lipinski definition) is 7. The number of fused-ring (bicyclic) bond motifs is 1. The Hall–Kier alpha value is -2.81. The summed E-state index contributed by atoms with van der Waals surface area (Å²) < 4.78 is 33.9. The minimum absolute atomic E-state index is 0.182. The Labute approximate surface area is 144 Å². The zero-order valence-corrected chi connectivity index (χ0v) is 14.6. The molecule has 3 aromatic rings. The molecule has 0 saturated heterocycles. The van der Waals surface area contributed by atoms with Gasteiger partial charge >= 0.3 is 0 Å². The van der Waals surface area contributed by atoms with Gasteiger partial charge in [0.1, 0.15) is 29.1 Å². The lowest BCUT2D eigenvalue weighted by Gasteiger charge is -2.08. The SMILES string of the molecule is COc1ccc(OCCOn2nnc3ccc(S(C)(=O)=O)cc32)cc1. The highest BCUT2D eigenvalue weighted by molar-refractivity contribution is 7.90. The number of methoxy groups -OCH3 is 1. The first-order chi connectivity index (χ1) is 12.0. The maximum Gasteiger partial charge on any atom is 0.175 e. The van der Waals surface area contributed by atoms with Gasteiger partial charge in [0.15, 0.2) is 16.4 Å². The monoisotopic (exact) mass is 363 g/mol. The van der Waals surface area contributed by atoms with Gasteiger partial charge in [0, 0.05) is 6.26 Å². The minimum atomic E-state index is -3.32. The predicted molar refractivity (Wildman–Crippen MR) is 90.6 cm³/mol. The molecule has 0 fully saturated rings. The molecule has 0 saturated carbocycles. The van der Waals surface area contributed by atoms with Crippen molar-refractivity contribution < 1.29 is 22.7 Å². The smallest absolute Gasteiger partial charge is 0.175 e. The van der Waals surface area contributed by atoms with Crippen molar-refractivity contribution in [1.82, 2.24) is 15.2 Å². The molecule has 0 unspecified atom stereocenters. The molecule has 0 N–H and O–H groups in total. The molecule has 0 amide bonds. The topological polar surface area (TPSA) is 92.5 Å². The van der Waals surface area contributed by atoms with Crippen molar-refractivity contribution in [3.63, 3.8) is 0 Å². The average molecular weight is 363 g/mol. The van der Waals surface area contributed by atoms with Gasteiger partial charge in [-0.3, -0.25) is 0 Å². The second kappa shape index (κ2) is 6.98. The van der Waals surface area contributed by atoms with Crippen LogP contribution in [0.15, 0.2) is 47.4 Å². The molecule has 3 rings (SSSR count). The number of sulfone groups is 1. The van der Waals surface area contributed by atoms with Gasteiger partial charge in [-0.05, 0) is 47.7 Å². The zero-order chi connectivity index (χ0) is 17.9. The van der Waals surface area contributed by atoms with Crippen LogP contribution in [-0.4, -0.2) is 50.2 Å². The number of ether oxygens (including phenoxy) is 2. The Kier molecular flexibility index (Phi) is 4.75. The fourth-order valence-electron chi connectivity index (χ4n) is 2.16. The molecule has 1 heterocycles. The Morgan fingerprint density at radius 3 is 2.44 bits per heavy atom. The molecule has 0 aliphatic heterocycles. The van der Waals surface area contributed by atoms with Gasteiger partial charge in [-0.25, -0.2) is 8.42 Å². The summed E-state index contributed by atoms with van der Waals surface area (Å²) in [4.78, 5) is 6.87. The lowest BCUT2D eigenvalue weighted by molar-refractivity contribution is 0.0639. The molecule has 0 bridgehead atoms. The van der Waals surface area contributed by atoms with Gasteiger partial charge in [0.2, 0.25) is 0 Å². The van der Waals surface area contributed by atoms with E-state index in [0.717, 1.165) is 12.0 Å². The van der Waals surface area contributed by atoms with Gasteiger partial charge in [0.25, 0.3) is 0 Å². The van der Waals surface area contributed by atoms with Crippen molar-refractivity contribution in [2.75, 3.05) is 26.6 Å². The van der Waals surface area contributed by atoms with Crippen LogP contribution in [0.1, 0.15) is 0 Å². The van der Waals surface area contributed by atoms with E-state index in [1.165, 1.54) is 17.0 Å². The Bertz CT molecular complexity index is 967. The second-order valence-corrected chi connectivity index (χ2v) is 7.26. The largest absolute Gasteiger partial charge is 0.497 e. The van der Waals surface area contributed by atoms with Crippen LogP contribution in [0.4, 0.5) is 0 Å². The Morgan fingerprint density at radius 2 is 1.76 bits per heavy atom.